The first-order valence-electron chi connectivity index (χ1n) is 8.44. The molecule has 2 fully saturated rings. The second-order valence-corrected chi connectivity index (χ2v) is 7.41. The molecule has 3 aliphatic rings. The predicted molar refractivity (Wildman–Crippen MR) is 83.4 cm³/mol. The normalized spacial score (nSPS) is 29.3. The van der Waals surface area contributed by atoms with E-state index >= 15 is 0 Å². The number of aryl methyl sites for hydroxylation is 2. The third kappa shape index (κ3) is 1.98. The van der Waals surface area contributed by atoms with E-state index in [2.05, 4.69) is 4.98 Å². The Morgan fingerprint density at radius 2 is 2.09 bits per heavy atom. The van der Waals surface area contributed by atoms with E-state index in [0.29, 0.717) is 0 Å². The molecule has 1 atom stereocenters. The Balaban J connectivity index is 1.62. The van der Waals surface area contributed by atoms with Gasteiger partial charge in [-0.1, -0.05) is 0 Å². The highest BCUT2D eigenvalue weighted by atomic mass is 16.2. The summed E-state index contributed by atoms with van der Waals surface area (Å²) in [6.45, 7) is 3.58. The van der Waals surface area contributed by atoms with Crippen molar-refractivity contribution in [1.29, 1.82) is 0 Å². The molecular formula is C17H24N4O. The van der Waals surface area contributed by atoms with Crippen LogP contribution in [0.1, 0.15) is 55.6 Å². The maximum atomic E-state index is 12.8. The van der Waals surface area contributed by atoms with Crippen LogP contribution < -0.4 is 5.73 Å². The minimum atomic E-state index is -0.582. The number of fused-ring (bicyclic) bond motifs is 2. The number of carbonyl (C=O) groups is 1. The number of piperidine rings is 1. The van der Waals surface area contributed by atoms with E-state index in [-0.39, 0.29) is 11.3 Å². The smallest absolute Gasteiger partial charge is 0.242 e. The number of likely N-dealkylation sites (tertiary alicyclic amines) is 1. The fraction of sp³-hybridized carbons (Fsp3) is 0.706. The molecule has 2 N–H and O–H groups in total. The Morgan fingerprint density at radius 1 is 1.27 bits per heavy atom. The van der Waals surface area contributed by atoms with Crippen LogP contribution in [0.3, 0.4) is 0 Å². The zero-order chi connectivity index (χ0) is 15.4. The van der Waals surface area contributed by atoms with Crippen LogP contribution in [0.4, 0.5) is 0 Å². The van der Waals surface area contributed by atoms with E-state index in [1.807, 2.05) is 18.0 Å². The molecule has 0 radical (unpaired) electrons. The largest absolute Gasteiger partial charge is 0.340 e. The lowest BCUT2D eigenvalue weighted by Gasteiger charge is -2.46. The van der Waals surface area contributed by atoms with E-state index in [1.165, 1.54) is 11.3 Å². The molecule has 1 unspecified atom stereocenters. The lowest BCUT2D eigenvalue weighted by Crippen LogP contribution is -2.62. The van der Waals surface area contributed by atoms with Crippen LogP contribution in [0.15, 0.2) is 6.20 Å². The van der Waals surface area contributed by atoms with Gasteiger partial charge in [0.2, 0.25) is 5.91 Å². The summed E-state index contributed by atoms with van der Waals surface area (Å²) in [6.07, 6.45) is 9.02. The molecule has 1 amide bonds. The zero-order valence-corrected chi connectivity index (χ0v) is 13.3. The molecule has 22 heavy (non-hydrogen) atoms. The van der Waals surface area contributed by atoms with Crippen LogP contribution >= 0.6 is 0 Å². The number of carbonyl (C=O) groups excluding carboxylic acids is 1. The fourth-order valence-electron chi connectivity index (χ4n) is 4.42. The van der Waals surface area contributed by atoms with E-state index in [0.717, 1.165) is 63.9 Å². The summed E-state index contributed by atoms with van der Waals surface area (Å²) >= 11 is 0. The van der Waals surface area contributed by atoms with Gasteiger partial charge in [-0.25, -0.2) is 9.97 Å². The van der Waals surface area contributed by atoms with E-state index in [4.69, 9.17) is 10.7 Å². The molecular weight excluding hydrogens is 276 g/mol. The van der Waals surface area contributed by atoms with Crippen molar-refractivity contribution in [2.45, 2.75) is 62.8 Å². The second-order valence-electron chi connectivity index (χ2n) is 7.41. The summed E-state index contributed by atoms with van der Waals surface area (Å²) in [6, 6.07) is 0. The lowest BCUT2D eigenvalue weighted by atomic mass is 9.74. The van der Waals surface area contributed by atoms with E-state index in [1.54, 1.807) is 0 Å². The van der Waals surface area contributed by atoms with Crippen molar-refractivity contribution in [3.05, 3.63) is 23.3 Å². The molecule has 1 aromatic heterocycles. The van der Waals surface area contributed by atoms with Crippen molar-refractivity contribution in [2.24, 2.45) is 5.73 Å². The van der Waals surface area contributed by atoms with Crippen molar-refractivity contribution < 1.29 is 4.79 Å². The fourth-order valence-corrected chi connectivity index (χ4v) is 4.42. The maximum absolute atomic E-state index is 12.8. The van der Waals surface area contributed by atoms with Gasteiger partial charge in [0, 0.05) is 24.7 Å². The van der Waals surface area contributed by atoms with Crippen LogP contribution in [0.25, 0.3) is 0 Å². The highest BCUT2D eigenvalue weighted by molar-refractivity contribution is 5.87. The Morgan fingerprint density at radius 3 is 2.82 bits per heavy atom. The predicted octanol–water partition coefficient (Wildman–Crippen LogP) is 1.47. The van der Waals surface area contributed by atoms with Crippen LogP contribution in [0, 0.1) is 6.92 Å². The first-order valence-corrected chi connectivity index (χ1v) is 8.44. The Kier molecular flexibility index (Phi) is 3.05. The van der Waals surface area contributed by atoms with Gasteiger partial charge in [-0.15, -0.1) is 0 Å². The van der Waals surface area contributed by atoms with E-state index < -0.39 is 5.54 Å². The maximum Gasteiger partial charge on any atom is 0.242 e. The molecule has 0 bridgehead atoms. The molecule has 118 valence electrons. The molecule has 2 heterocycles. The summed E-state index contributed by atoms with van der Waals surface area (Å²) in [5.74, 6) is 0.995. The van der Waals surface area contributed by atoms with Gasteiger partial charge in [-0.3, -0.25) is 4.79 Å². The molecule has 1 saturated heterocycles. The van der Waals surface area contributed by atoms with Crippen molar-refractivity contribution >= 4 is 5.91 Å². The monoisotopic (exact) mass is 300 g/mol. The number of aromatic nitrogens is 2. The number of amides is 1. The van der Waals surface area contributed by atoms with Gasteiger partial charge in [-0.05, 0) is 57.4 Å². The van der Waals surface area contributed by atoms with Gasteiger partial charge in [-0.2, -0.15) is 0 Å². The molecule has 4 rings (SSSR count). The first kappa shape index (κ1) is 14.1. The highest BCUT2D eigenvalue weighted by Gasteiger charge is 2.49. The van der Waals surface area contributed by atoms with Gasteiger partial charge >= 0.3 is 0 Å². The second kappa shape index (κ2) is 4.75. The summed E-state index contributed by atoms with van der Waals surface area (Å²) in [4.78, 5) is 23.9. The van der Waals surface area contributed by atoms with Gasteiger partial charge in [0.05, 0.1) is 11.2 Å². The molecule has 5 nitrogen and oxygen atoms in total. The standard InChI is InChI=1S/C17H24N4O/c1-12-19-10-13-4-8-16(14(13)20-12)5-3-9-21(11-16)15(22)17(18)6-2-7-17/h10H,2-9,11,18H2,1H3. The van der Waals surface area contributed by atoms with Crippen molar-refractivity contribution in [3.63, 3.8) is 0 Å². The summed E-state index contributed by atoms with van der Waals surface area (Å²) in [5, 5.41) is 0. The Bertz CT molecular complexity index is 621. The van der Waals surface area contributed by atoms with E-state index in [9.17, 15) is 4.79 Å². The van der Waals surface area contributed by atoms with Crippen molar-refractivity contribution in [2.75, 3.05) is 13.1 Å². The number of rotatable bonds is 1. The van der Waals surface area contributed by atoms with Crippen LogP contribution in [0.2, 0.25) is 0 Å². The number of nitrogens with zero attached hydrogens (tertiary/aromatic N) is 3. The highest BCUT2D eigenvalue weighted by Crippen LogP contribution is 2.44. The van der Waals surface area contributed by atoms with Crippen LogP contribution in [-0.4, -0.2) is 39.4 Å². The van der Waals surface area contributed by atoms with Gasteiger partial charge in [0.25, 0.3) is 0 Å². The molecule has 1 saturated carbocycles. The topological polar surface area (TPSA) is 72.1 Å². The summed E-state index contributed by atoms with van der Waals surface area (Å²) in [7, 11) is 0. The molecule has 2 aliphatic carbocycles. The Hall–Kier alpha value is -1.49. The molecule has 0 aromatic carbocycles. The number of nitrogens with two attached hydrogens (primary N) is 1. The van der Waals surface area contributed by atoms with Gasteiger partial charge < -0.3 is 10.6 Å². The van der Waals surface area contributed by atoms with Gasteiger partial charge in [0.1, 0.15) is 5.82 Å². The summed E-state index contributed by atoms with van der Waals surface area (Å²) < 4.78 is 0. The number of hydrogen-bond donors (Lipinski definition) is 1. The molecule has 1 aliphatic heterocycles. The van der Waals surface area contributed by atoms with Crippen LogP contribution in [-0.2, 0) is 16.6 Å². The van der Waals surface area contributed by atoms with Gasteiger partial charge in [0.15, 0.2) is 0 Å². The van der Waals surface area contributed by atoms with Crippen LogP contribution in [0.5, 0.6) is 0 Å². The third-order valence-electron chi connectivity index (χ3n) is 5.90. The zero-order valence-electron chi connectivity index (χ0n) is 13.3. The minimum absolute atomic E-state index is 0.0387. The average Bonchev–Trinajstić information content (AvgIpc) is 2.82. The molecule has 5 heteroatoms. The molecule has 1 spiro atoms. The minimum Gasteiger partial charge on any atom is -0.340 e. The Labute approximate surface area is 131 Å². The quantitative estimate of drug-likeness (QED) is 0.852. The first-order chi connectivity index (χ1) is 10.5. The van der Waals surface area contributed by atoms with Crippen molar-refractivity contribution in [3.8, 4) is 0 Å². The van der Waals surface area contributed by atoms with Crippen molar-refractivity contribution in [1.82, 2.24) is 14.9 Å². The lowest BCUT2D eigenvalue weighted by molar-refractivity contribution is -0.142. The average molecular weight is 300 g/mol. The third-order valence-corrected chi connectivity index (χ3v) is 5.90. The molecule has 1 aromatic rings. The SMILES string of the molecule is Cc1ncc2c(n1)C1(CCCN(C(=O)C3(N)CCC3)C1)CC2. The number of hydrogen-bond acceptors (Lipinski definition) is 4. The summed E-state index contributed by atoms with van der Waals surface area (Å²) in [5.41, 5.74) is 8.18.